The maximum absolute atomic E-state index is 15.8. The lowest BCUT2D eigenvalue weighted by atomic mass is 9.47. The number of hydrogen-bond acceptors (Lipinski definition) is 13. The smallest absolute Gasteiger partial charge is 0.353 e. The Kier molecular flexibility index (Phi) is 13.0. The highest BCUT2D eigenvalue weighted by Gasteiger charge is 2.79. The molecule has 2 saturated heterocycles. The van der Waals surface area contributed by atoms with Gasteiger partial charge in [-0.1, -0.05) is 74.5 Å². The van der Waals surface area contributed by atoms with Crippen LogP contribution in [0.1, 0.15) is 87.7 Å². The largest absolute Gasteiger partial charge is 0.496 e. The number of fused-ring (bicyclic) bond motifs is 6. The monoisotopic (exact) mass is 994 g/mol. The summed E-state index contributed by atoms with van der Waals surface area (Å²) in [6.45, 7) is 10.6. The number of aliphatic hydroxyl groups is 3. The van der Waals surface area contributed by atoms with Crippen LogP contribution in [0.5, 0.6) is 5.75 Å². The van der Waals surface area contributed by atoms with Crippen molar-refractivity contribution >= 4 is 36.1 Å². The molecule has 16 heteroatoms. The van der Waals surface area contributed by atoms with Gasteiger partial charge in [0.25, 0.3) is 5.91 Å². The molecule has 6 heterocycles. The van der Waals surface area contributed by atoms with E-state index in [-0.39, 0.29) is 25.6 Å². The molecule has 4 aromatic rings. The molecule has 15 nitrogen and oxygen atoms in total. The number of H-pyrrole nitrogens is 1. The van der Waals surface area contributed by atoms with E-state index >= 15 is 9.59 Å². The van der Waals surface area contributed by atoms with Crippen LogP contribution in [0.15, 0.2) is 78.9 Å². The van der Waals surface area contributed by atoms with Crippen LogP contribution in [0.3, 0.4) is 0 Å². The molecule has 1 aliphatic carbocycles. The highest BCUT2D eigenvalue weighted by Crippen LogP contribution is 2.68. The number of methoxy groups -OCH3 is 2. The first-order chi connectivity index (χ1) is 34.1. The van der Waals surface area contributed by atoms with E-state index < -0.39 is 70.9 Å². The van der Waals surface area contributed by atoms with Gasteiger partial charge in [-0.2, -0.15) is 0 Å². The van der Waals surface area contributed by atoms with E-state index in [0.717, 1.165) is 33.3 Å². The van der Waals surface area contributed by atoms with Gasteiger partial charge in [0.15, 0.2) is 5.60 Å². The fraction of sp³-hybridized carbons (Fsp3) is 0.564. The molecule has 71 heavy (non-hydrogen) atoms. The molecule has 1 spiro atoms. The second-order valence-corrected chi connectivity index (χ2v) is 23.4. The number of hydrogen-bond donors (Lipinski definition) is 5. The van der Waals surface area contributed by atoms with Gasteiger partial charge in [0.05, 0.1) is 39.1 Å². The van der Waals surface area contributed by atoms with Crippen molar-refractivity contribution in [3.05, 3.63) is 107 Å². The number of ether oxygens (including phenoxy) is 2. The number of likely N-dealkylation sites (N-methyl/N-ethyl adjacent to an activating group) is 1. The maximum Gasteiger partial charge on any atom is 0.353 e. The SMILES string of the molecule is CCOP(=O)(OCC)[C@H](Cc1ccccc1)NC(=O)[C@@]1(O)[C@H](O)[C@]2(CC)C=CCN3CC[C@@]4(c5cc([C@@]6(C(=O)OC)C[C@@H]7CN(CCc8c6[nH]c6ccccc86)C[C@](O)(CC)C7)c(OC)cc5N(C)[C@@H]14)[C@@H]32. The van der Waals surface area contributed by atoms with Gasteiger partial charge in [0.1, 0.15) is 23.1 Å². The van der Waals surface area contributed by atoms with Crippen molar-refractivity contribution in [1.29, 1.82) is 0 Å². The Hall–Kier alpha value is -4.57. The van der Waals surface area contributed by atoms with Crippen LogP contribution in [-0.2, 0) is 51.6 Å². The van der Waals surface area contributed by atoms with Crippen molar-refractivity contribution in [3.63, 3.8) is 0 Å². The second-order valence-electron chi connectivity index (χ2n) is 21.2. The summed E-state index contributed by atoms with van der Waals surface area (Å²) in [5.41, 5.74) is -1.65. The van der Waals surface area contributed by atoms with Gasteiger partial charge in [-0.05, 0) is 93.7 Å². The standard InChI is InChI=1S/C55H72N5O10P/c1-8-51(64)31-36-32-54(50(63)68-7,45-38(22-26-59(33-36)34-51)37-20-15-16-21-41(37)56-45)40-29-39-42(30-43(40)67-6)58(5)47-53(39)24-27-60-25-17-23-52(9-2,46(53)60)48(61)55(47,65)49(62)57-44(28-35-18-13-12-14-19-35)71(66,69-10-3)70-11-4/h12-21,23,29-30,36,44,46-48,56,61,64-65H,8-11,22,24-28,31-34H2,1-7H3,(H,57,62)/t36-,44-,46+,47-,48-,51+,52-,53-,54+,55+/m1/s1. The third-order valence-electron chi connectivity index (χ3n) is 17.8. The minimum absolute atomic E-state index is 0.0477. The Morgan fingerprint density at radius 1 is 0.930 bits per heavy atom. The minimum atomic E-state index is -4.08. The van der Waals surface area contributed by atoms with Crippen molar-refractivity contribution in [2.75, 3.05) is 72.1 Å². The summed E-state index contributed by atoms with van der Waals surface area (Å²) in [6.07, 6.45) is 5.31. The maximum atomic E-state index is 15.8. The number of aromatic nitrogens is 1. The second kappa shape index (κ2) is 18.4. The molecular weight excluding hydrogens is 922 g/mol. The molecule has 3 fully saturated rings. The van der Waals surface area contributed by atoms with E-state index in [1.807, 2.05) is 92.5 Å². The molecule has 382 valence electrons. The predicted octanol–water partition coefficient (Wildman–Crippen LogP) is 6.20. The first-order valence-electron chi connectivity index (χ1n) is 25.7. The quantitative estimate of drug-likeness (QED) is 0.0547. The number of carbonyl (C=O) groups excluding carboxylic acids is 2. The topological polar surface area (TPSA) is 186 Å². The Labute approximate surface area is 417 Å². The third kappa shape index (κ3) is 7.34. The molecule has 11 atom stereocenters. The predicted molar refractivity (Wildman–Crippen MR) is 272 cm³/mol. The first kappa shape index (κ1) is 50.0. The van der Waals surface area contributed by atoms with Gasteiger partial charge in [-0.15, -0.1) is 0 Å². The summed E-state index contributed by atoms with van der Waals surface area (Å²) in [4.78, 5) is 41.8. The number of esters is 1. The normalized spacial score (nSPS) is 33.5. The molecule has 2 bridgehead atoms. The summed E-state index contributed by atoms with van der Waals surface area (Å²) in [6, 6.07) is 20.0. The summed E-state index contributed by atoms with van der Waals surface area (Å²) in [5.74, 6) is -2.30. The summed E-state index contributed by atoms with van der Waals surface area (Å²) in [5, 5.41) is 43.3. The van der Waals surface area contributed by atoms with Crippen molar-refractivity contribution in [1.82, 2.24) is 20.1 Å². The van der Waals surface area contributed by atoms with Gasteiger partial charge < -0.3 is 49.0 Å². The molecule has 0 radical (unpaired) electrons. The lowest BCUT2D eigenvalue weighted by Crippen LogP contribution is -2.82. The summed E-state index contributed by atoms with van der Waals surface area (Å²) >= 11 is 0. The highest BCUT2D eigenvalue weighted by atomic mass is 31.2. The van der Waals surface area contributed by atoms with Gasteiger partial charge >= 0.3 is 13.6 Å². The number of para-hydroxylation sites is 1. The van der Waals surface area contributed by atoms with Crippen LogP contribution in [0.25, 0.3) is 10.9 Å². The zero-order valence-electron chi connectivity index (χ0n) is 42.3. The first-order valence-corrected chi connectivity index (χ1v) is 27.3. The molecule has 1 saturated carbocycles. The molecule has 6 aliphatic rings. The molecular formula is C55H72N5O10P. The Morgan fingerprint density at radius 2 is 1.66 bits per heavy atom. The van der Waals surface area contributed by atoms with Crippen molar-refractivity contribution in [2.24, 2.45) is 11.3 Å². The molecule has 5 N–H and O–H groups in total. The van der Waals surface area contributed by atoms with E-state index in [9.17, 15) is 19.9 Å². The number of anilines is 1. The van der Waals surface area contributed by atoms with Crippen LogP contribution in [0.2, 0.25) is 0 Å². The molecule has 1 amide bonds. The summed E-state index contributed by atoms with van der Waals surface area (Å²) in [7, 11) is 0.792. The lowest BCUT2D eigenvalue weighted by Gasteiger charge is -2.63. The zero-order valence-corrected chi connectivity index (χ0v) is 43.2. The average Bonchev–Trinajstić information content (AvgIpc) is 4.04. The van der Waals surface area contributed by atoms with E-state index in [1.165, 1.54) is 7.11 Å². The Balaban J connectivity index is 1.21. The van der Waals surface area contributed by atoms with Crippen LogP contribution < -0.4 is 15.0 Å². The third-order valence-corrected chi connectivity index (χ3v) is 20.1. The van der Waals surface area contributed by atoms with Gasteiger partial charge in [0.2, 0.25) is 0 Å². The molecule has 3 aromatic carbocycles. The number of aliphatic hydroxyl groups excluding tert-OH is 1. The fourth-order valence-electron chi connectivity index (χ4n) is 15.0. The zero-order chi connectivity index (χ0) is 50.3. The molecule has 10 rings (SSSR count). The summed E-state index contributed by atoms with van der Waals surface area (Å²) < 4.78 is 39.1. The number of carbonyl (C=O) groups is 2. The van der Waals surface area contributed by atoms with E-state index in [0.29, 0.717) is 88.2 Å². The van der Waals surface area contributed by atoms with E-state index in [2.05, 4.69) is 32.2 Å². The Morgan fingerprint density at radius 3 is 2.35 bits per heavy atom. The highest BCUT2D eigenvalue weighted by molar-refractivity contribution is 7.54. The molecule has 5 aliphatic heterocycles. The number of benzene rings is 3. The van der Waals surface area contributed by atoms with E-state index in [4.69, 9.17) is 18.5 Å². The minimum Gasteiger partial charge on any atom is -0.496 e. The van der Waals surface area contributed by atoms with Crippen LogP contribution in [0.4, 0.5) is 5.69 Å². The van der Waals surface area contributed by atoms with Crippen LogP contribution in [0, 0.1) is 11.3 Å². The number of rotatable bonds is 14. The number of aromatic amines is 1. The van der Waals surface area contributed by atoms with Crippen LogP contribution >= 0.6 is 7.60 Å². The van der Waals surface area contributed by atoms with Gasteiger partial charge in [-0.3, -0.25) is 24.0 Å². The number of nitrogens with zero attached hydrogens (tertiary/aromatic N) is 3. The fourth-order valence-corrected chi connectivity index (χ4v) is 16.8. The lowest BCUT2D eigenvalue weighted by molar-refractivity contribution is -0.203. The number of amides is 1. The average molecular weight is 994 g/mol. The van der Waals surface area contributed by atoms with Gasteiger partial charge in [0, 0.05) is 90.4 Å². The number of nitrogens with one attached hydrogen (secondary N) is 2. The Bertz CT molecular complexity index is 2760. The van der Waals surface area contributed by atoms with Crippen molar-refractivity contribution < 1.29 is 48.0 Å². The molecule has 1 aromatic heterocycles. The van der Waals surface area contributed by atoms with Crippen molar-refractivity contribution in [3.8, 4) is 5.75 Å². The number of piperidine rings is 1. The van der Waals surface area contributed by atoms with Crippen molar-refractivity contribution in [2.45, 2.75) is 119 Å². The van der Waals surface area contributed by atoms with E-state index in [1.54, 1.807) is 21.0 Å². The molecule has 1 unspecified atom stereocenters. The van der Waals surface area contributed by atoms with Gasteiger partial charge in [-0.25, -0.2) is 0 Å². The van der Waals surface area contributed by atoms with Crippen LogP contribution in [-0.4, -0.2) is 144 Å².